The van der Waals surface area contributed by atoms with Crippen molar-refractivity contribution in [2.24, 2.45) is 4.99 Å². The van der Waals surface area contributed by atoms with Crippen LogP contribution in [0.3, 0.4) is 0 Å². The van der Waals surface area contributed by atoms with Gasteiger partial charge in [0.25, 0.3) is 0 Å². The molecule has 3 aromatic rings. The largest absolute Gasteiger partial charge is 0.459 e. The summed E-state index contributed by atoms with van der Waals surface area (Å²) in [6, 6.07) is 15.9. The summed E-state index contributed by atoms with van der Waals surface area (Å²) in [5.41, 5.74) is 1.89. The molecule has 0 atom stereocenters. The molecule has 5 nitrogen and oxygen atoms in total. The van der Waals surface area contributed by atoms with E-state index in [1.807, 2.05) is 37.3 Å². The molecule has 3 rings (SSSR count). The fraction of sp³-hybridized carbons (Fsp3) is 0.227. The first-order valence-electron chi connectivity index (χ1n) is 9.52. The zero-order chi connectivity index (χ0) is 21.2. The fourth-order valence-corrected chi connectivity index (χ4v) is 3.25. The van der Waals surface area contributed by atoms with Crippen molar-refractivity contribution in [3.05, 3.63) is 83.6 Å². The molecule has 30 heavy (non-hydrogen) atoms. The number of ether oxygens (including phenoxy) is 1. The number of anilines is 1. The molecule has 0 bridgehead atoms. The first kappa shape index (κ1) is 21.7. The van der Waals surface area contributed by atoms with Crippen molar-refractivity contribution in [2.45, 2.75) is 25.7 Å². The number of nitrogens with zero attached hydrogens (tertiary/aromatic N) is 3. The Kier molecular flexibility index (Phi) is 8.14. The number of nitrogens with one attached hydrogen (secondary N) is 1. The minimum atomic E-state index is -0.603. The van der Waals surface area contributed by atoms with E-state index in [1.165, 1.54) is 23.9 Å². The van der Waals surface area contributed by atoms with E-state index in [-0.39, 0.29) is 24.3 Å². The Morgan fingerprint density at radius 2 is 1.83 bits per heavy atom. The van der Waals surface area contributed by atoms with Gasteiger partial charge in [0.15, 0.2) is 16.8 Å². The van der Waals surface area contributed by atoms with E-state index in [9.17, 15) is 8.78 Å². The second-order valence-electron chi connectivity index (χ2n) is 6.35. The lowest BCUT2D eigenvalue weighted by Gasteiger charge is -2.11. The summed E-state index contributed by atoms with van der Waals surface area (Å²) in [6.45, 7) is 2.78. The van der Waals surface area contributed by atoms with E-state index < -0.39 is 5.82 Å². The van der Waals surface area contributed by atoms with E-state index in [0.29, 0.717) is 17.5 Å². The standard InChI is InChI=1S/C22H22F2N4OS/c1-2-12-25-22(30-15-17-6-4-3-5-7-17)28-20-19(24)13-26-21(27-20)29-14-16-8-10-18(23)11-9-16/h3-11,13H,2,12,14-15H2,1H3,(H,25,26,27,28). The first-order chi connectivity index (χ1) is 14.6. The van der Waals surface area contributed by atoms with E-state index >= 15 is 0 Å². The molecule has 0 aliphatic rings. The Morgan fingerprint density at radius 1 is 1.07 bits per heavy atom. The third kappa shape index (κ3) is 6.81. The highest BCUT2D eigenvalue weighted by Crippen LogP contribution is 2.19. The molecule has 0 fully saturated rings. The quantitative estimate of drug-likeness (QED) is 0.382. The molecular weight excluding hydrogens is 406 g/mol. The molecule has 2 aromatic carbocycles. The van der Waals surface area contributed by atoms with Gasteiger partial charge < -0.3 is 10.1 Å². The minimum absolute atomic E-state index is 0.00507. The van der Waals surface area contributed by atoms with Crippen LogP contribution in [0.15, 0.2) is 65.8 Å². The van der Waals surface area contributed by atoms with Crippen LogP contribution in [0.5, 0.6) is 6.01 Å². The average Bonchev–Trinajstić information content (AvgIpc) is 2.77. The molecule has 0 amide bonds. The second kappa shape index (κ2) is 11.3. The molecule has 156 valence electrons. The summed E-state index contributed by atoms with van der Waals surface area (Å²) in [4.78, 5) is 12.5. The Morgan fingerprint density at radius 3 is 2.57 bits per heavy atom. The van der Waals surface area contributed by atoms with Crippen LogP contribution in [-0.4, -0.2) is 21.7 Å². The van der Waals surface area contributed by atoms with Gasteiger partial charge in [-0.2, -0.15) is 4.98 Å². The van der Waals surface area contributed by atoms with Crippen LogP contribution in [0.1, 0.15) is 24.5 Å². The van der Waals surface area contributed by atoms with E-state index in [4.69, 9.17) is 4.74 Å². The van der Waals surface area contributed by atoms with Gasteiger partial charge >= 0.3 is 6.01 Å². The van der Waals surface area contributed by atoms with Gasteiger partial charge in [-0.15, -0.1) is 0 Å². The summed E-state index contributed by atoms with van der Waals surface area (Å²) < 4.78 is 32.8. The van der Waals surface area contributed by atoms with Crippen LogP contribution < -0.4 is 10.1 Å². The van der Waals surface area contributed by atoms with Crippen molar-refractivity contribution in [2.75, 3.05) is 11.9 Å². The van der Waals surface area contributed by atoms with Crippen LogP contribution in [-0.2, 0) is 12.4 Å². The summed E-state index contributed by atoms with van der Waals surface area (Å²) in [5, 5.41) is 3.53. The maximum Gasteiger partial charge on any atom is 0.318 e. The highest BCUT2D eigenvalue weighted by molar-refractivity contribution is 8.13. The number of hydrogen-bond acceptors (Lipinski definition) is 5. The lowest BCUT2D eigenvalue weighted by atomic mass is 10.2. The number of aromatic nitrogens is 2. The number of amidine groups is 1. The van der Waals surface area contributed by atoms with Crippen LogP contribution in [0.4, 0.5) is 14.6 Å². The minimum Gasteiger partial charge on any atom is -0.459 e. The summed E-state index contributed by atoms with van der Waals surface area (Å²) in [7, 11) is 0. The van der Waals surface area contributed by atoms with Gasteiger partial charge in [0.2, 0.25) is 0 Å². The molecule has 0 aliphatic carbocycles. The maximum absolute atomic E-state index is 14.3. The highest BCUT2D eigenvalue weighted by Gasteiger charge is 2.11. The number of rotatable bonds is 8. The van der Waals surface area contributed by atoms with Gasteiger partial charge in [-0.25, -0.2) is 13.8 Å². The molecule has 0 saturated heterocycles. The fourth-order valence-electron chi connectivity index (χ4n) is 2.40. The van der Waals surface area contributed by atoms with Crippen LogP contribution >= 0.6 is 11.8 Å². The zero-order valence-corrected chi connectivity index (χ0v) is 17.3. The number of hydrogen-bond donors (Lipinski definition) is 1. The molecule has 0 radical (unpaired) electrons. The SMILES string of the molecule is CCC/N=C(/Nc1nc(OCc2ccc(F)cc2)ncc1F)SCc1ccccc1. The summed E-state index contributed by atoms with van der Waals surface area (Å²) in [5.74, 6) is -0.241. The van der Waals surface area contributed by atoms with E-state index in [1.54, 1.807) is 12.1 Å². The Labute approximate surface area is 178 Å². The lowest BCUT2D eigenvalue weighted by Crippen LogP contribution is -2.13. The van der Waals surface area contributed by atoms with Gasteiger partial charge in [-0.1, -0.05) is 61.2 Å². The summed E-state index contributed by atoms with van der Waals surface area (Å²) in [6.07, 6.45) is 1.92. The third-order valence-corrected chi connectivity index (χ3v) is 4.91. The number of aliphatic imine (C=N–C) groups is 1. The van der Waals surface area contributed by atoms with Crippen LogP contribution in [0.25, 0.3) is 0 Å². The Hall–Kier alpha value is -3.00. The lowest BCUT2D eigenvalue weighted by molar-refractivity contribution is 0.280. The molecule has 0 spiro atoms. The van der Waals surface area contributed by atoms with Crippen molar-refractivity contribution in [1.82, 2.24) is 9.97 Å². The molecule has 8 heteroatoms. The molecule has 0 unspecified atom stereocenters. The van der Waals surface area contributed by atoms with Gasteiger partial charge in [0.1, 0.15) is 12.4 Å². The molecule has 1 aromatic heterocycles. The topological polar surface area (TPSA) is 59.4 Å². The Bertz CT molecular complexity index is 969. The zero-order valence-electron chi connectivity index (χ0n) is 16.5. The second-order valence-corrected chi connectivity index (χ2v) is 7.31. The van der Waals surface area contributed by atoms with Crippen LogP contribution in [0, 0.1) is 11.6 Å². The predicted octanol–water partition coefficient (Wildman–Crippen LogP) is 5.45. The molecular formula is C22H22F2N4OS. The van der Waals surface area contributed by atoms with Crippen LogP contribution in [0.2, 0.25) is 0 Å². The van der Waals surface area contributed by atoms with Gasteiger partial charge in [0.05, 0.1) is 6.20 Å². The molecule has 1 heterocycles. The normalized spacial score (nSPS) is 11.4. The number of benzene rings is 2. The van der Waals surface area contributed by atoms with Crippen molar-refractivity contribution < 1.29 is 13.5 Å². The first-order valence-corrected chi connectivity index (χ1v) is 10.5. The highest BCUT2D eigenvalue weighted by atomic mass is 32.2. The van der Waals surface area contributed by atoms with Crippen molar-refractivity contribution >= 4 is 22.7 Å². The van der Waals surface area contributed by atoms with Gasteiger partial charge in [-0.3, -0.25) is 4.99 Å². The van der Waals surface area contributed by atoms with Gasteiger partial charge in [0, 0.05) is 12.3 Å². The predicted molar refractivity (Wildman–Crippen MR) is 117 cm³/mol. The van der Waals surface area contributed by atoms with Crippen molar-refractivity contribution in [1.29, 1.82) is 0 Å². The monoisotopic (exact) mass is 428 g/mol. The third-order valence-electron chi connectivity index (χ3n) is 3.93. The maximum atomic E-state index is 14.3. The molecule has 0 saturated carbocycles. The number of halogens is 2. The smallest absolute Gasteiger partial charge is 0.318 e. The van der Waals surface area contributed by atoms with Crippen molar-refractivity contribution in [3.8, 4) is 6.01 Å². The Balaban J connectivity index is 1.67. The summed E-state index contributed by atoms with van der Waals surface area (Å²) >= 11 is 1.47. The average molecular weight is 429 g/mol. The van der Waals surface area contributed by atoms with E-state index in [0.717, 1.165) is 23.7 Å². The van der Waals surface area contributed by atoms with Gasteiger partial charge in [-0.05, 0) is 29.7 Å². The molecule has 0 aliphatic heterocycles. The van der Waals surface area contributed by atoms with Crippen molar-refractivity contribution in [3.63, 3.8) is 0 Å². The van der Waals surface area contributed by atoms with E-state index in [2.05, 4.69) is 20.3 Å². The molecule has 1 N–H and O–H groups in total. The number of thioether (sulfide) groups is 1.